The molecule has 0 aliphatic carbocycles. The molecule has 2 N–H and O–H groups in total. The van der Waals surface area contributed by atoms with Crippen molar-refractivity contribution in [3.8, 4) is 0 Å². The Morgan fingerprint density at radius 3 is 3.16 bits per heavy atom. The maximum atomic E-state index is 14.0. The van der Waals surface area contributed by atoms with Crippen molar-refractivity contribution in [1.82, 2.24) is 10.3 Å². The summed E-state index contributed by atoms with van der Waals surface area (Å²) in [6.07, 6.45) is 2.36. The second-order valence-corrected chi connectivity index (χ2v) is 4.49. The maximum Gasteiger partial charge on any atom is 0.254 e. The van der Waals surface area contributed by atoms with E-state index < -0.39 is 11.7 Å². The predicted octanol–water partition coefficient (Wildman–Crippen LogP) is 1.42. The van der Waals surface area contributed by atoms with Crippen molar-refractivity contribution in [2.24, 2.45) is 5.92 Å². The molecule has 2 heterocycles. The summed E-state index contributed by atoms with van der Waals surface area (Å²) in [5.74, 6) is -0.586. The summed E-state index contributed by atoms with van der Waals surface area (Å²) in [6.45, 7) is 4.29. The number of anilines is 1. The first-order valence-electron chi connectivity index (χ1n) is 6.46. The van der Waals surface area contributed by atoms with Crippen LogP contribution in [0.15, 0.2) is 12.3 Å². The van der Waals surface area contributed by atoms with Gasteiger partial charge in [-0.3, -0.25) is 4.79 Å². The summed E-state index contributed by atoms with van der Waals surface area (Å²) in [7, 11) is 0. The molecule has 0 radical (unpaired) electrons. The second kappa shape index (κ2) is 6.47. The fourth-order valence-corrected chi connectivity index (χ4v) is 1.99. The molecule has 1 saturated heterocycles. The van der Waals surface area contributed by atoms with Crippen LogP contribution in [-0.4, -0.2) is 37.2 Å². The normalized spacial score (nSPS) is 18.3. The molecule has 104 valence electrons. The third-order valence-electron chi connectivity index (χ3n) is 3.05. The number of amides is 1. The van der Waals surface area contributed by atoms with E-state index in [1.165, 1.54) is 12.3 Å². The van der Waals surface area contributed by atoms with Crippen LogP contribution in [0.1, 0.15) is 23.7 Å². The van der Waals surface area contributed by atoms with Crippen molar-refractivity contribution in [2.45, 2.75) is 13.3 Å². The van der Waals surface area contributed by atoms with Gasteiger partial charge in [-0.1, -0.05) is 0 Å². The molecule has 5 nitrogen and oxygen atoms in total. The van der Waals surface area contributed by atoms with Crippen LogP contribution in [0, 0.1) is 11.7 Å². The van der Waals surface area contributed by atoms with Crippen molar-refractivity contribution in [3.05, 3.63) is 23.6 Å². The zero-order chi connectivity index (χ0) is 13.7. The lowest BCUT2D eigenvalue weighted by molar-refractivity contribution is 0.0941. The van der Waals surface area contributed by atoms with Crippen LogP contribution in [0.3, 0.4) is 0 Å². The largest absolute Gasteiger partial charge is 0.381 e. The molecular weight excluding hydrogens is 249 g/mol. The smallest absolute Gasteiger partial charge is 0.254 e. The Kier molecular flexibility index (Phi) is 4.68. The highest BCUT2D eigenvalue weighted by Gasteiger charge is 2.19. The number of nitrogens with one attached hydrogen (secondary N) is 2. The van der Waals surface area contributed by atoms with Crippen LogP contribution in [-0.2, 0) is 4.74 Å². The molecule has 0 bridgehead atoms. The summed E-state index contributed by atoms with van der Waals surface area (Å²) in [6, 6.07) is 1.39. The fraction of sp³-hybridized carbons (Fsp3) is 0.538. The topological polar surface area (TPSA) is 63.2 Å². The Morgan fingerprint density at radius 1 is 1.63 bits per heavy atom. The van der Waals surface area contributed by atoms with E-state index in [-0.39, 0.29) is 11.4 Å². The lowest BCUT2D eigenvalue weighted by Crippen LogP contribution is -2.30. The van der Waals surface area contributed by atoms with Gasteiger partial charge in [-0.15, -0.1) is 0 Å². The molecule has 1 aromatic heterocycles. The van der Waals surface area contributed by atoms with Crippen molar-refractivity contribution < 1.29 is 13.9 Å². The minimum atomic E-state index is -0.607. The molecule has 0 spiro atoms. The van der Waals surface area contributed by atoms with E-state index in [1.807, 2.05) is 6.92 Å². The molecule has 1 amide bonds. The lowest BCUT2D eigenvalue weighted by atomic mass is 10.1. The SMILES string of the molecule is CCNc1nccc(C(=O)NCC2CCOC2)c1F. The number of rotatable bonds is 5. The minimum Gasteiger partial charge on any atom is -0.381 e. The molecule has 19 heavy (non-hydrogen) atoms. The van der Waals surface area contributed by atoms with Crippen LogP contribution in [0.5, 0.6) is 0 Å². The van der Waals surface area contributed by atoms with Crippen LogP contribution in [0.25, 0.3) is 0 Å². The third-order valence-corrected chi connectivity index (χ3v) is 3.05. The third kappa shape index (κ3) is 3.41. The number of ether oxygens (including phenoxy) is 1. The number of aromatic nitrogens is 1. The van der Waals surface area contributed by atoms with Crippen molar-refractivity contribution in [2.75, 3.05) is 31.6 Å². The molecule has 1 unspecified atom stereocenters. The number of nitrogens with zero attached hydrogens (tertiary/aromatic N) is 1. The zero-order valence-electron chi connectivity index (χ0n) is 10.9. The minimum absolute atomic E-state index is 0.0184. The van der Waals surface area contributed by atoms with Crippen LogP contribution < -0.4 is 10.6 Å². The number of halogens is 1. The van der Waals surface area contributed by atoms with Crippen molar-refractivity contribution in [1.29, 1.82) is 0 Å². The molecule has 0 saturated carbocycles. The number of carbonyl (C=O) groups is 1. The highest BCUT2D eigenvalue weighted by Crippen LogP contribution is 2.15. The average Bonchev–Trinajstić information content (AvgIpc) is 2.92. The quantitative estimate of drug-likeness (QED) is 0.847. The number of pyridine rings is 1. The molecule has 1 aliphatic heterocycles. The van der Waals surface area contributed by atoms with Gasteiger partial charge < -0.3 is 15.4 Å². The molecular formula is C13H18FN3O2. The number of hydrogen-bond donors (Lipinski definition) is 2. The molecule has 1 aromatic rings. The molecule has 6 heteroatoms. The lowest BCUT2D eigenvalue weighted by Gasteiger charge is -2.11. The van der Waals surface area contributed by atoms with Crippen LogP contribution in [0.2, 0.25) is 0 Å². The predicted molar refractivity (Wildman–Crippen MR) is 69.6 cm³/mol. The Labute approximate surface area is 111 Å². The van der Waals surface area contributed by atoms with Gasteiger partial charge in [0.15, 0.2) is 11.6 Å². The fourth-order valence-electron chi connectivity index (χ4n) is 1.99. The Bertz CT molecular complexity index is 448. The first kappa shape index (κ1) is 13.7. The Balaban J connectivity index is 1.99. The van der Waals surface area contributed by atoms with E-state index >= 15 is 0 Å². The van der Waals surface area contributed by atoms with E-state index in [1.54, 1.807) is 0 Å². The first-order chi connectivity index (χ1) is 9.22. The molecule has 0 aromatic carbocycles. The average molecular weight is 267 g/mol. The molecule has 1 aliphatic rings. The highest BCUT2D eigenvalue weighted by atomic mass is 19.1. The van der Waals surface area contributed by atoms with E-state index in [4.69, 9.17) is 4.74 Å². The maximum absolute atomic E-state index is 14.0. The zero-order valence-corrected chi connectivity index (χ0v) is 10.9. The first-order valence-corrected chi connectivity index (χ1v) is 6.46. The van der Waals surface area contributed by atoms with Gasteiger partial charge in [0.05, 0.1) is 12.2 Å². The number of carbonyl (C=O) groups excluding carboxylic acids is 1. The summed E-state index contributed by atoms with van der Waals surface area (Å²) in [5, 5.41) is 5.52. The summed E-state index contributed by atoms with van der Waals surface area (Å²) < 4.78 is 19.2. The van der Waals surface area contributed by atoms with E-state index in [9.17, 15) is 9.18 Å². The number of hydrogen-bond acceptors (Lipinski definition) is 4. The standard InChI is InChI=1S/C13H18FN3O2/c1-2-15-12-11(14)10(3-5-16-12)13(18)17-7-9-4-6-19-8-9/h3,5,9H,2,4,6-8H2,1H3,(H,15,16)(H,17,18). The van der Waals surface area contributed by atoms with Gasteiger partial charge in [0.1, 0.15) is 0 Å². The monoisotopic (exact) mass is 267 g/mol. The van der Waals surface area contributed by atoms with Gasteiger partial charge in [0, 0.05) is 31.8 Å². The summed E-state index contributed by atoms with van der Waals surface area (Å²) >= 11 is 0. The highest BCUT2D eigenvalue weighted by molar-refractivity contribution is 5.95. The van der Waals surface area contributed by atoms with Crippen molar-refractivity contribution >= 4 is 11.7 Å². The van der Waals surface area contributed by atoms with Gasteiger partial charge in [0.25, 0.3) is 5.91 Å². The second-order valence-electron chi connectivity index (χ2n) is 4.49. The summed E-state index contributed by atoms with van der Waals surface area (Å²) in [5.41, 5.74) is 0.0184. The molecule has 2 rings (SSSR count). The van der Waals surface area contributed by atoms with Gasteiger partial charge in [-0.05, 0) is 19.4 Å². The van der Waals surface area contributed by atoms with Gasteiger partial charge >= 0.3 is 0 Å². The Hall–Kier alpha value is -1.69. The van der Waals surface area contributed by atoms with Gasteiger partial charge in [-0.2, -0.15) is 0 Å². The van der Waals surface area contributed by atoms with Gasteiger partial charge in [0.2, 0.25) is 0 Å². The van der Waals surface area contributed by atoms with E-state index in [0.717, 1.165) is 13.0 Å². The molecule has 1 fully saturated rings. The van der Waals surface area contributed by atoms with E-state index in [0.29, 0.717) is 25.6 Å². The van der Waals surface area contributed by atoms with Crippen molar-refractivity contribution in [3.63, 3.8) is 0 Å². The molecule has 1 atom stereocenters. The van der Waals surface area contributed by atoms with Gasteiger partial charge in [-0.25, -0.2) is 9.37 Å². The van der Waals surface area contributed by atoms with Crippen LogP contribution >= 0.6 is 0 Å². The van der Waals surface area contributed by atoms with Crippen LogP contribution in [0.4, 0.5) is 10.2 Å². The Morgan fingerprint density at radius 2 is 2.47 bits per heavy atom. The van der Waals surface area contributed by atoms with E-state index in [2.05, 4.69) is 15.6 Å². The summed E-state index contributed by atoms with van der Waals surface area (Å²) in [4.78, 5) is 15.8.